The Labute approximate surface area is 235 Å². The first-order valence-electron chi connectivity index (χ1n) is 13.0. The molecule has 1 aromatic carbocycles. The molecule has 2 saturated heterocycles. The van der Waals surface area contributed by atoms with E-state index in [9.17, 15) is 4.79 Å². The second-order valence-corrected chi connectivity index (χ2v) is 10.2. The molecule has 2 aliphatic rings. The summed E-state index contributed by atoms with van der Waals surface area (Å²) >= 11 is 6.54. The van der Waals surface area contributed by atoms with E-state index in [4.69, 9.17) is 35.8 Å². The summed E-state index contributed by atoms with van der Waals surface area (Å²) in [5, 5.41) is 8.92. The van der Waals surface area contributed by atoms with E-state index in [0.717, 1.165) is 22.8 Å². The monoisotopic (exact) mass is 564 g/mol. The molecule has 2 fully saturated rings. The van der Waals surface area contributed by atoms with Crippen molar-refractivity contribution in [3.63, 3.8) is 0 Å². The molecule has 0 saturated carbocycles. The lowest BCUT2D eigenvalue weighted by Crippen LogP contribution is -2.48. The van der Waals surface area contributed by atoms with E-state index in [1.165, 1.54) is 6.08 Å². The molecule has 0 aliphatic carbocycles. The van der Waals surface area contributed by atoms with Crippen molar-refractivity contribution in [2.75, 3.05) is 58.3 Å². The molecule has 5 heterocycles. The number of pyridine rings is 1. The SMILES string of the molecule is C=CC(=O)N1CCN(c2nc(O[C@@H]3CN(C)C[C@H]3OC)nc3c(Oc4c(Cl)ccc5[nH]ncc45)nccc23)CC1. The minimum Gasteiger partial charge on any atom is -0.456 e. The van der Waals surface area contributed by atoms with Crippen LogP contribution in [0, 0.1) is 0 Å². The summed E-state index contributed by atoms with van der Waals surface area (Å²) < 4.78 is 18.3. The van der Waals surface area contributed by atoms with Gasteiger partial charge in [0.25, 0.3) is 0 Å². The van der Waals surface area contributed by atoms with Gasteiger partial charge in [0.2, 0.25) is 11.8 Å². The Hall–Kier alpha value is -4.00. The predicted octanol–water partition coefficient (Wildman–Crippen LogP) is 2.89. The van der Waals surface area contributed by atoms with Crippen LogP contribution < -0.4 is 14.4 Å². The van der Waals surface area contributed by atoms with Gasteiger partial charge in [-0.2, -0.15) is 15.1 Å². The average molecular weight is 565 g/mol. The normalized spacial score (nSPS) is 19.9. The Bertz CT molecular complexity index is 1570. The van der Waals surface area contributed by atoms with Gasteiger partial charge in [-0.15, -0.1) is 0 Å². The van der Waals surface area contributed by atoms with Crippen molar-refractivity contribution in [1.29, 1.82) is 0 Å². The quantitative estimate of drug-likeness (QED) is 0.335. The van der Waals surface area contributed by atoms with Gasteiger partial charge in [0.05, 0.1) is 27.5 Å². The number of nitrogens with zero attached hydrogens (tertiary/aromatic N) is 7. The van der Waals surface area contributed by atoms with Gasteiger partial charge in [-0.3, -0.25) is 14.8 Å². The summed E-state index contributed by atoms with van der Waals surface area (Å²) in [5.41, 5.74) is 1.26. The first kappa shape index (κ1) is 26.2. The molecule has 40 heavy (non-hydrogen) atoms. The maximum atomic E-state index is 12.2. The maximum Gasteiger partial charge on any atom is 0.319 e. The second-order valence-electron chi connectivity index (χ2n) is 9.82. The third kappa shape index (κ3) is 4.89. The molecule has 2 atom stereocenters. The smallest absolute Gasteiger partial charge is 0.319 e. The van der Waals surface area contributed by atoms with Crippen molar-refractivity contribution >= 4 is 45.1 Å². The number of likely N-dealkylation sites (N-methyl/N-ethyl adjacent to an activating group) is 1. The van der Waals surface area contributed by atoms with Gasteiger partial charge in [0, 0.05) is 52.6 Å². The standard InChI is InChI=1S/C27H29ClN8O4/c1-4-22(37)35-9-11-36(12-10-35)25-16-7-8-29-26(40-24-17-13-30-33-19(17)6-5-18(24)28)23(16)31-27(32-25)39-21-15-34(2)14-20(21)38-3/h4-8,13,20-21H,1,9-12,14-15H2,2-3H3,(H,30,33)/t20-,21-/m1/s1. The lowest BCUT2D eigenvalue weighted by atomic mass is 10.2. The first-order valence-corrected chi connectivity index (χ1v) is 13.3. The van der Waals surface area contributed by atoms with E-state index in [1.807, 2.05) is 19.2 Å². The second kappa shape index (κ2) is 10.9. The summed E-state index contributed by atoms with van der Waals surface area (Å²) in [6, 6.07) is 5.62. The highest BCUT2D eigenvalue weighted by molar-refractivity contribution is 6.33. The van der Waals surface area contributed by atoms with Gasteiger partial charge in [-0.05, 0) is 31.3 Å². The number of hydrogen-bond acceptors (Lipinski definition) is 10. The molecule has 1 amide bonds. The highest BCUT2D eigenvalue weighted by Crippen LogP contribution is 2.39. The Morgan fingerprint density at radius 1 is 1.12 bits per heavy atom. The fourth-order valence-electron chi connectivity index (χ4n) is 5.20. The molecular weight excluding hydrogens is 536 g/mol. The molecule has 1 N–H and O–H groups in total. The van der Waals surface area contributed by atoms with E-state index < -0.39 is 0 Å². The van der Waals surface area contributed by atoms with Gasteiger partial charge >= 0.3 is 6.01 Å². The molecule has 0 bridgehead atoms. The average Bonchev–Trinajstić information content (AvgIpc) is 3.60. The van der Waals surface area contributed by atoms with Gasteiger partial charge in [0.15, 0.2) is 5.75 Å². The zero-order chi connectivity index (χ0) is 27.8. The van der Waals surface area contributed by atoms with E-state index in [2.05, 4.69) is 31.6 Å². The van der Waals surface area contributed by atoms with Crippen molar-refractivity contribution in [3.05, 3.63) is 48.3 Å². The number of H-pyrrole nitrogens is 1. The Morgan fingerprint density at radius 3 is 2.70 bits per heavy atom. The molecule has 208 valence electrons. The van der Waals surface area contributed by atoms with Crippen LogP contribution in [0.4, 0.5) is 5.82 Å². The number of carbonyl (C=O) groups is 1. The number of hydrogen-bond donors (Lipinski definition) is 1. The topological polar surface area (TPSA) is 122 Å². The molecule has 4 aromatic rings. The van der Waals surface area contributed by atoms with Gasteiger partial charge in [-0.1, -0.05) is 18.2 Å². The Kier molecular flexibility index (Phi) is 7.13. The number of anilines is 1. The number of likely N-dealkylation sites (tertiary alicyclic amines) is 1. The minimum absolute atomic E-state index is 0.0858. The van der Waals surface area contributed by atoms with E-state index in [1.54, 1.807) is 30.5 Å². The van der Waals surface area contributed by atoms with Gasteiger partial charge < -0.3 is 24.0 Å². The lowest BCUT2D eigenvalue weighted by Gasteiger charge is -2.35. The number of aromatic amines is 1. The third-order valence-corrected chi connectivity index (χ3v) is 7.59. The van der Waals surface area contributed by atoms with Crippen molar-refractivity contribution in [1.82, 2.24) is 34.9 Å². The van der Waals surface area contributed by atoms with Crippen molar-refractivity contribution in [2.24, 2.45) is 0 Å². The number of fused-ring (bicyclic) bond motifs is 2. The molecule has 2 aliphatic heterocycles. The zero-order valence-electron chi connectivity index (χ0n) is 22.2. The molecular formula is C27H29ClN8O4. The van der Waals surface area contributed by atoms with Crippen LogP contribution in [0.3, 0.4) is 0 Å². The molecule has 0 radical (unpaired) electrons. The largest absolute Gasteiger partial charge is 0.456 e. The number of amides is 1. The first-order chi connectivity index (χ1) is 19.4. The number of halogens is 1. The van der Waals surface area contributed by atoms with Crippen LogP contribution in [0.2, 0.25) is 5.02 Å². The fraction of sp³-hybridized carbons (Fsp3) is 0.370. The number of methoxy groups -OCH3 is 1. The van der Waals surface area contributed by atoms with Crippen molar-refractivity contribution in [2.45, 2.75) is 12.2 Å². The molecule has 0 unspecified atom stereocenters. The summed E-state index contributed by atoms with van der Waals surface area (Å²) in [4.78, 5) is 32.3. The molecule has 13 heteroatoms. The van der Waals surface area contributed by atoms with Crippen molar-refractivity contribution < 1.29 is 19.0 Å². The van der Waals surface area contributed by atoms with Crippen LogP contribution >= 0.6 is 11.6 Å². The summed E-state index contributed by atoms with van der Waals surface area (Å²) in [6.45, 7) is 7.26. The molecule has 12 nitrogen and oxygen atoms in total. The minimum atomic E-state index is -0.252. The Morgan fingerprint density at radius 2 is 1.93 bits per heavy atom. The van der Waals surface area contributed by atoms with Crippen LogP contribution in [0.5, 0.6) is 17.6 Å². The molecule has 0 spiro atoms. The fourth-order valence-corrected chi connectivity index (χ4v) is 5.40. The number of carbonyl (C=O) groups excluding carboxylic acids is 1. The van der Waals surface area contributed by atoms with Gasteiger partial charge in [0.1, 0.15) is 23.5 Å². The lowest BCUT2D eigenvalue weighted by molar-refractivity contribution is -0.126. The predicted molar refractivity (Wildman–Crippen MR) is 150 cm³/mol. The number of aromatic nitrogens is 5. The number of nitrogens with one attached hydrogen (secondary N) is 1. The highest BCUT2D eigenvalue weighted by Gasteiger charge is 2.34. The third-order valence-electron chi connectivity index (χ3n) is 7.29. The van der Waals surface area contributed by atoms with Crippen LogP contribution in [0.25, 0.3) is 21.8 Å². The van der Waals surface area contributed by atoms with E-state index in [-0.39, 0.29) is 30.0 Å². The number of ether oxygens (including phenoxy) is 3. The summed E-state index contributed by atoms with van der Waals surface area (Å²) in [7, 11) is 3.69. The Balaban J connectivity index is 1.42. The molecule has 6 rings (SSSR count). The summed E-state index contributed by atoms with van der Waals surface area (Å²) in [6.07, 6.45) is 4.27. The number of rotatable bonds is 7. The number of piperazine rings is 1. The van der Waals surface area contributed by atoms with Gasteiger partial charge in [-0.25, -0.2) is 4.98 Å². The van der Waals surface area contributed by atoms with E-state index >= 15 is 0 Å². The zero-order valence-corrected chi connectivity index (χ0v) is 23.0. The van der Waals surface area contributed by atoms with Crippen LogP contribution in [0.15, 0.2) is 43.2 Å². The van der Waals surface area contributed by atoms with Crippen LogP contribution in [-0.2, 0) is 9.53 Å². The summed E-state index contributed by atoms with van der Waals surface area (Å²) in [5.74, 6) is 1.26. The van der Waals surface area contributed by atoms with Crippen molar-refractivity contribution in [3.8, 4) is 17.6 Å². The molecule has 3 aromatic heterocycles. The number of benzene rings is 1. The van der Waals surface area contributed by atoms with Crippen LogP contribution in [0.1, 0.15) is 0 Å². The van der Waals surface area contributed by atoms with Crippen LogP contribution in [-0.4, -0.2) is 106 Å². The van der Waals surface area contributed by atoms with E-state index in [0.29, 0.717) is 54.8 Å². The highest BCUT2D eigenvalue weighted by atomic mass is 35.5. The maximum absolute atomic E-state index is 12.2.